The Balaban J connectivity index is 1.78. The number of carbonyl (C=O) groups is 1. The van der Waals surface area contributed by atoms with Crippen molar-refractivity contribution >= 4 is 17.2 Å². The maximum absolute atomic E-state index is 13.2. The second kappa shape index (κ2) is 7.12. The lowest BCUT2D eigenvalue weighted by atomic mass is 9.73. The summed E-state index contributed by atoms with van der Waals surface area (Å²) < 4.78 is 0. The third-order valence-corrected chi connectivity index (χ3v) is 5.68. The smallest absolute Gasteiger partial charge is 0.163 e. The van der Waals surface area contributed by atoms with E-state index >= 15 is 0 Å². The molecule has 2 aromatic carbocycles. The van der Waals surface area contributed by atoms with Crippen molar-refractivity contribution in [3.05, 3.63) is 70.9 Å². The highest BCUT2D eigenvalue weighted by molar-refractivity contribution is 6.01. The van der Waals surface area contributed by atoms with E-state index in [9.17, 15) is 4.79 Å². The van der Waals surface area contributed by atoms with Crippen LogP contribution < -0.4 is 10.6 Å². The molecule has 1 heterocycles. The zero-order valence-corrected chi connectivity index (χ0v) is 17.3. The molecule has 2 N–H and O–H groups in total. The average molecular weight is 375 g/mol. The molecule has 28 heavy (non-hydrogen) atoms. The van der Waals surface area contributed by atoms with Gasteiger partial charge in [0.05, 0.1) is 17.4 Å². The van der Waals surface area contributed by atoms with Crippen LogP contribution in [0.4, 0.5) is 11.4 Å². The number of hydrogen-bond acceptors (Lipinski definition) is 3. The molecule has 0 saturated heterocycles. The van der Waals surface area contributed by atoms with Gasteiger partial charge in [-0.1, -0.05) is 64.1 Å². The summed E-state index contributed by atoms with van der Waals surface area (Å²) in [4.78, 5) is 13.2. The molecule has 1 aliphatic heterocycles. The van der Waals surface area contributed by atoms with Crippen molar-refractivity contribution in [2.75, 3.05) is 10.6 Å². The minimum absolute atomic E-state index is 0.0200. The van der Waals surface area contributed by atoms with Crippen molar-refractivity contribution in [3.63, 3.8) is 0 Å². The number of hydrogen-bond donors (Lipinski definition) is 2. The molecule has 0 radical (unpaired) electrons. The van der Waals surface area contributed by atoms with Gasteiger partial charge in [0.1, 0.15) is 0 Å². The number of carbonyl (C=O) groups excluding carboxylic acids is 1. The highest BCUT2D eigenvalue weighted by Gasteiger charge is 2.38. The van der Waals surface area contributed by atoms with Crippen LogP contribution in [0.15, 0.2) is 59.8 Å². The maximum Gasteiger partial charge on any atom is 0.163 e. The van der Waals surface area contributed by atoms with E-state index in [0.717, 1.165) is 41.1 Å². The van der Waals surface area contributed by atoms with Crippen LogP contribution in [0.5, 0.6) is 0 Å². The van der Waals surface area contributed by atoms with Crippen LogP contribution in [-0.4, -0.2) is 5.78 Å². The van der Waals surface area contributed by atoms with Crippen molar-refractivity contribution in [3.8, 4) is 0 Å². The number of fused-ring (bicyclic) bond motifs is 1. The van der Waals surface area contributed by atoms with Gasteiger partial charge < -0.3 is 10.6 Å². The largest absolute Gasteiger partial charge is 0.372 e. The van der Waals surface area contributed by atoms with Crippen LogP contribution in [0, 0.1) is 11.3 Å². The lowest BCUT2D eigenvalue weighted by molar-refractivity contribution is -0.118. The van der Waals surface area contributed by atoms with Gasteiger partial charge in [-0.15, -0.1) is 0 Å². The molecule has 1 aliphatic carbocycles. The summed E-state index contributed by atoms with van der Waals surface area (Å²) in [5.41, 5.74) is 6.51. The van der Waals surface area contributed by atoms with Crippen LogP contribution in [0.1, 0.15) is 57.7 Å². The van der Waals surface area contributed by atoms with Crippen LogP contribution >= 0.6 is 0 Å². The fourth-order valence-corrected chi connectivity index (χ4v) is 4.46. The van der Waals surface area contributed by atoms with E-state index in [0.29, 0.717) is 12.3 Å². The molecule has 0 fully saturated rings. The van der Waals surface area contributed by atoms with Gasteiger partial charge in [0.15, 0.2) is 5.78 Å². The van der Waals surface area contributed by atoms with E-state index in [1.165, 1.54) is 5.56 Å². The van der Waals surface area contributed by atoms with Gasteiger partial charge in [0.2, 0.25) is 0 Å². The van der Waals surface area contributed by atoms with Crippen molar-refractivity contribution in [1.82, 2.24) is 0 Å². The van der Waals surface area contributed by atoms with Gasteiger partial charge >= 0.3 is 0 Å². The molecule has 0 spiro atoms. The Hall–Kier alpha value is -2.55. The van der Waals surface area contributed by atoms with E-state index in [1.54, 1.807) is 0 Å². The summed E-state index contributed by atoms with van der Waals surface area (Å²) in [5, 5.41) is 7.23. The minimum Gasteiger partial charge on any atom is -0.372 e. The Labute approximate surface area is 168 Å². The SMILES string of the molecule is CC(C)Cc1ccc([C@H]2Nc3ccccc3NC3=C2C(=O)CC(C)(C)C3)cc1. The molecule has 2 aliphatic rings. The van der Waals surface area contributed by atoms with Crippen LogP contribution in [0.3, 0.4) is 0 Å². The number of anilines is 2. The monoisotopic (exact) mass is 374 g/mol. The molecule has 0 saturated carbocycles. The highest BCUT2D eigenvalue weighted by Crippen LogP contribution is 2.45. The summed E-state index contributed by atoms with van der Waals surface area (Å²) >= 11 is 0. The molecule has 4 rings (SSSR count). The molecule has 146 valence electrons. The molecular formula is C25H30N2O. The zero-order valence-electron chi connectivity index (χ0n) is 17.3. The van der Waals surface area contributed by atoms with Crippen molar-refractivity contribution in [2.24, 2.45) is 11.3 Å². The molecule has 0 aromatic heterocycles. The standard InChI is InChI=1S/C25H30N2O/c1-16(2)13-17-9-11-18(12-10-17)24-23-21(14-25(3,4)15-22(23)28)26-19-7-5-6-8-20(19)27-24/h5-12,16,24,26-27H,13-15H2,1-4H3/t24-/m1/s1. The van der Waals surface area contributed by atoms with Gasteiger partial charge in [0.25, 0.3) is 0 Å². The maximum atomic E-state index is 13.2. The van der Waals surface area contributed by atoms with Crippen molar-refractivity contribution < 1.29 is 4.79 Å². The number of para-hydroxylation sites is 2. The highest BCUT2D eigenvalue weighted by atomic mass is 16.1. The third kappa shape index (κ3) is 3.71. The van der Waals surface area contributed by atoms with Crippen molar-refractivity contribution in [1.29, 1.82) is 0 Å². The van der Waals surface area contributed by atoms with Crippen LogP contribution in [-0.2, 0) is 11.2 Å². The first-order valence-corrected chi connectivity index (χ1v) is 10.3. The van der Waals surface area contributed by atoms with E-state index in [2.05, 4.69) is 74.7 Å². The number of ketones is 1. The molecule has 3 heteroatoms. The van der Waals surface area contributed by atoms with Gasteiger partial charge in [-0.25, -0.2) is 0 Å². The summed E-state index contributed by atoms with van der Waals surface area (Å²) in [7, 11) is 0. The number of Topliss-reactive ketones (excluding diaryl/α,β-unsaturated/α-hetero) is 1. The van der Waals surface area contributed by atoms with Crippen molar-refractivity contribution in [2.45, 2.75) is 53.0 Å². The van der Waals surface area contributed by atoms with E-state index in [4.69, 9.17) is 0 Å². The predicted molar refractivity (Wildman–Crippen MR) is 116 cm³/mol. The Bertz CT molecular complexity index is 922. The number of allylic oxidation sites excluding steroid dienone is 1. The number of rotatable bonds is 3. The van der Waals surface area contributed by atoms with E-state index < -0.39 is 0 Å². The third-order valence-electron chi connectivity index (χ3n) is 5.68. The first-order valence-electron chi connectivity index (χ1n) is 10.3. The lowest BCUT2D eigenvalue weighted by Crippen LogP contribution is -2.31. The Morgan fingerprint density at radius 3 is 2.36 bits per heavy atom. The minimum atomic E-state index is -0.122. The quantitative estimate of drug-likeness (QED) is 0.681. The second-order valence-corrected chi connectivity index (χ2v) is 9.42. The normalized spacial score (nSPS) is 20.8. The lowest BCUT2D eigenvalue weighted by Gasteiger charge is -2.34. The Morgan fingerprint density at radius 1 is 1.00 bits per heavy atom. The summed E-state index contributed by atoms with van der Waals surface area (Å²) in [6.07, 6.45) is 2.54. The fraction of sp³-hybridized carbons (Fsp3) is 0.400. The van der Waals surface area contributed by atoms with Gasteiger partial charge in [-0.05, 0) is 47.4 Å². The molecule has 1 atom stereocenters. The topological polar surface area (TPSA) is 41.1 Å². The Kier molecular flexibility index (Phi) is 4.78. The van der Waals surface area contributed by atoms with Crippen LogP contribution in [0.25, 0.3) is 0 Å². The van der Waals surface area contributed by atoms with E-state index in [1.807, 2.05) is 12.1 Å². The average Bonchev–Trinajstić information content (AvgIpc) is 2.77. The molecule has 3 nitrogen and oxygen atoms in total. The molecule has 0 bridgehead atoms. The first kappa shape index (κ1) is 18.8. The number of benzene rings is 2. The molecule has 0 unspecified atom stereocenters. The van der Waals surface area contributed by atoms with Crippen LogP contribution in [0.2, 0.25) is 0 Å². The number of nitrogens with one attached hydrogen (secondary N) is 2. The van der Waals surface area contributed by atoms with Gasteiger partial charge in [-0.2, -0.15) is 0 Å². The summed E-state index contributed by atoms with van der Waals surface area (Å²) in [6, 6.07) is 16.9. The fourth-order valence-electron chi connectivity index (χ4n) is 4.46. The summed E-state index contributed by atoms with van der Waals surface area (Å²) in [5.74, 6) is 0.879. The van der Waals surface area contributed by atoms with Gasteiger partial charge in [-0.3, -0.25) is 4.79 Å². The summed E-state index contributed by atoms with van der Waals surface area (Å²) in [6.45, 7) is 8.83. The molecule has 2 aromatic rings. The second-order valence-electron chi connectivity index (χ2n) is 9.42. The predicted octanol–water partition coefficient (Wildman–Crippen LogP) is 6.11. The molecule has 0 amide bonds. The zero-order chi connectivity index (χ0) is 19.9. The van der Waals surface area contributed by atoms with Gasteiger partial charge in [0, 0.05) is 17.7 Å². The molecular weight excluding hydrogens is 344 g/mol. The first-order chi connectivity index (χ1) is 13.3. The van der Waals surface area contributed by atoms with E-state index in [-0.39, 0.29) is 17.2 Å². The Morgan fingerprint density at radius 2 is 1.68 bits per heavy atom.